The van der Waals surface area contributed by atoms with Gasteiger partial charge in [0.15, 0.2) is 0 Å². The van der Waals surface area contributed by atoms with Gasteiger partial charge in [-0.05, 0) is 56.0 Å². The van der Waals surface area contributed by atoms with Gasteiger partial charge in [0.05, 0.1) is 11.6 Å². The molecule has 1 aliphatic heterocycles. The van der Waals surface area contributed by atoms with E-state index in [1.54, 1.807) is 0 Å². The molecule has 1 atom stereocenters. The fraction of sp³-hybridized carbons (Fsp3) is 0.462. The summed E-state index contributed by atoms with van der Waals surface area (Å²) in [4.78, 5) is 0. The third-order valence-electron chi connectivity index (χ3n) is 2.98. The second kappa shape index (κ2) is 4.95. The molecule has 0 amide bonds. The standard InChI is InChI=1S/C13H16N2/c14-9-12-4-1-3-11(7-12)8-13-5-2-6-15-10-13/h1,3-4,7,13,15H,2,5-6,8,10H2/t13-/m0/s1. The molecule has 1 fully saturated rings. The minimum Gasteiger partial charge on any atom is -0.316 e. The summed E-state index contributed by atoms with van der Waals surface area (Å²) in [6.07, 6.45) is 3.69. The largest absolute Gasteiger partial charge is 0.316 e. The van der Waals surface area contributed by atoms with Gasteiger partial charge < -0.3 is 5.32 Å². The molecule has 15 heavy (non-hydrogen) atoms. The van der Waals surface area contributed by atoms with Crippen LogP contribution in [0.4, 0.5) is 0 Å². The Balaban J connectivity index is 2.00. The number of nitrogens with zero attached hydrogens (tertiary/aromatic N) is 1. The smallest absolute Gasteiger partial charge is 0.0991 e. The van der Waals surface area contributed by atoms with Crippen LogP contribution in [0, 0.1) is 17.2 Å². The maximum absolute atomic E-state index is 8.81. The van der Waals surface area contributed by atoms with Gasteiger partial charge in [-0.1, -0.05) is 12.1 Å². The summed E-state index contributed by atoms with van der Waals surface area (Å²) >= 11 is 0. The Morgan fingerprint density at radius 2 is 2.40 bits per heavy atom. The monoisotopic (exact) mass is 200 g/mol. The highest BCUT2D eigenvalue weighted by Crippen LogP contribution is 2.16. The van der Waals surface area contributed by atoms with Crippen LogP contribution < -0.4 is 5.32 Å². The van der Waals surface area contributed by atoms with Gasteiger partial charge in [-0.3, -0.25) is 0 Å². The van der Waals surface area contributed by atoms with Crippen molar-refractivity contribution in [1.29, 1.82) is 5.26 Å². The first-order valence-corrected chi connectivity index (χ1v) is 5.58. The summed E-state index contributed by atoms with van der Waals surface area (Å²) in [7, 11) is 0. The van der Waals surface area contributed by atoms with E-state index in [-0.39, 0.29) is 0 Å². The summed E-state index contributed by atoms with van der Waals surface area (Å²) in [5.74, 6) is 0.743. The first-order chi connectivity index (χ1) is 7.38. The van der Waals surface area contributed by atoms with Crippen molar-refractivity contribution >= 4 is 0 Å². The molecule has 1 aromatic rings. The zero-order valence-corrected chi connectivity index (χ0v) is 8.87. The molecule has 1 heterocycles. The van der Waals surface area contributed by atoms with Crippen molar-refractivity contribution in [2.45, 2.75) is 19.3 Å². The molecule has 0 bridgehead atoms. The van der Waals surface area contributed by atoms with Crippen LogP contribution in [0.3, 0.4) is 0 Å². The molecule has 78 valence electrons. The zero-order valence-electron chi connectivity index (χ0n) is 8.87. The van der Waals surface area contributed by atoms with E-state index < -0.39 is 0 Å². The van der Waals surface area contributed by atoms with Crippen LogP contribution in [0.2, 0.25) is 0 Å². The predicted octanol–water partition coefficient (Wildman–Crippen LogP) is 2.10. The molecule has 2 nitrogen and oxygen atoms in total. The number of hydrogen-bond donors (Lipinski definition) is 1. The van der Waals surface area contributed by atoms with Crippen molar-refractivity contribution in [1.82, 2.24) is 5.32 Å². The van der Waals surface area contributed by atoms with Gasteiger partial charge in [-0.25, -0.2) is 0 Å². The molecule has 0 unspecified atom stereocenters. The van der Waals surface area contributed by atoms with Crippen LogP contribution in [-0.4, -0.2) is 13.1 Å². The Hall–Kier alpha value is -1.33. The van der Waals surface area contributed by atoms with Crippen molar-refractivity contribution < 1.29 is 0 Å². The van der Waals surface area contributed by atoms with Crippen LogP contribution in [-0.2, 0) is 6.42 Å². The number of nitriles is 1. The lowest BCUT2D eigenvalue weighted by Crippen LogP contribution is -2.30. The summed E-state index contributed by atoms with van der Waals surface area (Å²) in [5.41, 5.74) is 2.07. The van der Waals surface area contributed by atoms with Gasteiger partial charge in [0.25, 0.3) is 0 Å². The molecule has 1 N–H and O–H groups in total. The summed E-state index contributed by atoms with van der Waals surface area (Å²) in [5, 5.41) is 12.2. The maximum Gasteiger partial charge on any atom is 0.0991 e. The normalized spacial score (nSPS) is 20.9. The number of benzene rings is 1. The Morgan fingerprint density at radius 3 is 3.13 bits per heavy atom. The Bertz CT molecular complexity index is 359. The van der Waals surface area contributed by atoms with Gasteiger partial charge in [-0.2, -0.15) is 5.26 Å². The summed E-state index contributed by atoms with van der Waals surface area (Å²) < 4.78 is 0. The van der Waals surface area contributed by atoms with Gasteiger partial charge in [0.2, 0.25) is 0 Å². The summed E-state index contributed by atoms with van der Waals surface area (Å²) in [6.45, 7) is 2.28. The van der Waals surface area contributed by atoms with Crippen LogP contribution in [0.25, 0.3) is 0 Å². The number of piperidine rings is 1. The number of hydrogen-bond acceptors (Lipinski definition) is 2. The van der Waals surface area contributed by atoms with E-state index in [1.807, 2.05) is 18.2 Å². The third-order valence-corrected chi connectivity index (χ3v) is 2.98. The second-order valence-electron chi connectivity index (χ2n) is 4.23. The Morgan fingerprint density at radius 1 is 1.47 bits per heavy atom. The lowest BCUT2D eigenvalue weighted by molar-refractivity contribution is 0.376. The lowest BCUT2D eigenvalue weighted by atomic mass is 9.92. The second-order valence-corrected chi connectivity index (χ2v) is 4.23. The molecule has 0 saturated carbocycles. The minimum atomic E-state index is 0.743. The first kappa shape index (κ1) is 10.2. The van der Waals surface area contributed by atoms with E-state index in [9.17, 15) is 0 Å². The van der Waals surface area contributed by atoms with Crippen LogP contribution in [0.1, 0.15) is 24.0 Å². The van der Waals surface area contributed by atoms with Crippen LogP contribution in [0.5, 0.6) is 0 Å². The van der Waals surface area contributed by atoms with E-state index >= 15 is 0 Å². The quantitative estimate of drug-likeness (QED) is 0.793. The van der Waals surface area contributed by atoms with Crippen LogP contribution >= 0.6 is 0 Å². The molecule has 2 rings (SSSR count). The number of rotatable bonds is 2. The average molecular weight is 200 g/mol. The average Bonchev–Trinajstić information content (AvgIpc) is 2.31. The van der Waals surface area contributed by atoms with Gasteiger partial charge in [0.1, 0.15) is 0 Å². The SMILES string of the molecule is N#Cc1cccc(C[C@@H]2CCCNC2)c1. The molecule has 0 aliphatic carbocycles. The van der Waals surface area contributed by atoms with E-state index in [0.29, 0.717) is 0 Å². The molecule has 1 saturated heterocycles. The van der Waals surface area contributed by atoms with Gasteiger partial charge >= 0.3 is 0 Å². The molecular weight excluding hydrogens is 184 g/mol. The predicted molar refractivity (Wildman–Crippen MR) is 60.5 cm³/mol. The van der Waals surface area contributed by atoms with Crippen LogP contribution in [0.15, 0.2) is 24.3 Å². The highest BCUT2D eigenvalue weighted by atomic mass is 14.9. The minimum absolute atomic E-state index is 0.743. The summed E-state index contributed by atoms with van der Waals surface area (Å²) in [6, 6.07) is 10.2. The molecule has 0 spiro atoms. The van der Waals surface area contributed by atoms with Gasteiger partial charge in [-0.15, -0.1) is 0 Å². The van der Waals surface area contributed by atoms with Crippen molar-refractivity contribution in [2.75, 3.05) is 13.1 Å². The topological polar surface area (TPSA) is 35.8 Å². The van der Waals surface area contributed by atoms with E-state index in [1.165, 1.54) is 18.4 Å². The zero-order chi connectivity index (χ0) is 10.5. The molecule has 2 heteroatoms. The maximum atomic E-state index is 8.81. The van der Waals surface area contributed by atoms with Crippen molar-refractivity contribution in [3.63, 3.8) is 0 Å². The lowest BCUT2D eigenvalue weighted by Gasteiger charge is -2.22. The van der Waals surface area contributed by atoms with E-state index in [2.05, 4.69) is 17.5 Å². The van der Waals surface area contributed by atoms with Crippen molar-refractivity contribution in [3.8, 4) is 6.07 Å². The van der Waals surface area contributed by atoms with Crippen molar-refractivity contribution in [2.24, 2.45) is 5.92 Å². The third kappa shape index (κ3) is 2.81. The fourth-order valence-corrected chi connectivity index (χ4v) is 2.20. The molecular formula is C13H16N2. The molecule has 0 aromatic heterocycles. The fourth-order valence-electron chi connectivity index (χ4n) is 2.20. The highest BCUT2D eigenvalue weighted by Gasteiger charge is 2.13. The Labute approximate surface area is 90.9 Å². The van der Waals surface area contributed by atoms with Crippen molar-refractivity contribution in [3.05, 3.63) is 35.4 Å². The first-order valence-electron chi connectivity index (χ1n) is 5.58. The highest BCUT2D eigenvalue weighted by molar-refractivity contribution is 5.32. The molecule has 1 aliphatic rings. The Kier molecular flexibility index (Phi) is 3.37. The molecule has 0 radical (unpaired) electrons. The van der Waals surface area contributed by atoms with E-state index in [0.717, 1.165) is 31.0 Å². The van der Waals surface area contributed by atoms with Gasteiger partial charge in [0, 0.05) is 0 Å². The number of nitrogens with one attached hydrogen (secondary N) is 1. The van der Waals surface area contributed by atoms with E-state index in [4.69, 9.17) is 5.26 Å². The molecule has 1 aromatic carbocycles.